The van der Waals surface area contributed by atoms with Crippen molar-refractivity contribution < 1.29 is 4.52 Å². The van der Waals surface area contributed by atoms with Gasteiger partial charge in [-0.15, -0.1) is 0 Å². The summed E-state index contributed by atoms with van der Waals surface area (Å²) in [6, 6.07) is 11.0. The van der Waals surface area contributed by atoms with Gasteiger partial charge < -0.3 is 9.42 Å². The van der Waals surface area contributed by atoms with E-state index in [4.69, 9.17) is 4.52 Å². The van der Waals surface area contributed by atoms with E-state index in [9.17, 15) is 0 Å². The highest BCUT2D eigenvalue weighted by atomic mass is 16.5. The summed E-state index contributed by atoms with van der Waals surface area (Å²) in [5, 5.41) is 4.05. The van der Waals surface area contributed by atoms with Crippen LogP contribution in [0.1, 0.15) is 36.3 Å². The summed E-state index contributed by atoms with van der Waals surface area (Å²) >= 11 is 0. The van der Waals surface area contributed by atoms with Crippen LogP contribution in [0.15, 0.2) is 34.9 Å². The number of aromatic nitrogens is 1. The van der Waals surface area contributed by atoms with E-state index >= 15 is 0 Å². The summed E-state index contributed by atoms with van der Waals surface area (Å²) in [5.74, 6) is 0.870. The first-order chi connectivity index (χ1) is 10.7. The summed E-state index contributed by atoms with van der Waals surface area (Å²) in [4.78, 5) is 4.75. The average Bonchev–Trinajstić information content (AvgIpc) is 2.94. The zero-order chi connectivity index (χ0) is 15.4. The molecule has 0 bridgehead atoms. The van der Waals surface area contributed by atoms with E-state index in [-0.39, 0.29) is 0 Å². The predicted octanol–water partition coefficient (Wildman–Crippen LogP) is 3.61. The molecule has 0 N–H and O–H groups in total. The second-order valence-electron chi connectivity index (χ2n) is 6.32. The van der Waals surface area contributed by atoms with Crippen molar-refractivity contribution in [1.82, 2.24) is 10.1 Å². The van der Waals surface area contributed by atoms with Gasteiger partial charge in [-0.2, -0.15) is 0 Å². The summed E-state index contributed by atoms with van der Waals surface area (Å²) < 4.78 is 5.12. The van der Waals surface area contributed by atoms with E-state index in [2.05, 4.69) is 46.3 Å². The maximum absolute atomic E-state index is 5.12. The Hall–Kier alpha value is -1.81. The summed E-state index contributed by atoms with van der Waals surface area (Å²) in [5.41, 5.74) is 3.69. The lowest BCUT2D eigenvalue weighted by molar-refractivity contribution is 0.302. The SMILES string of the molecule is Cc1cc(CN(C)Cc2ccc(N3CCCCC3)cc2)no1. The number of piperidine rings is 1. The third-order valence-electron chi connectivity index (χ3n) is 4.22. The van der Waals surface area contributed by atoms with Crippen molar-refractivity contribution in [2.45, 2.75) is 39.3 Å². The topological polar surface area (TPSA) is 32.5 Å². The standard InChI is InChI=1S/C18H25N3O/c1-15-12-17(19-22-15)14-20(2)13-16-6-8-18(9-7-16)21-10-4-3-5-11-21/h6-9,12H,3-5,10-11,13-14H2,1-2H3. The molecule has 0 spiro atoms. The lowest BCUT2D eigenvalue weighted by Crippen LogP contribution is -2.29. The number of hydrogen-bond donors (Lipinski definition) is 0. The fourth-order valence-corrected chi connectivity index (χ4v) is 3.10. The van der Waals surface area contributed by atoms with Crippen LogP contribution in [-0.4, -0.2) is 30.2 Å². The lowest BCUT2D eigenvalue weighted by Gasteiger charge is -2.29. The second kappa shape index (κ2) is 6.97. The third-order valence-corrected chi connectivity index (χ3v) is 4.22. The Bertz CT molecular complexity index is 585. The first-order valence-corrected chi connectivity index (χ1v) is 8.15. The zero-order valence-corrected chi connectivity index (χ0v) is 13.6. The monoisotopic (exact) mass is 299 g/mol. The minimum Gasteiger partial charge on any atom is -0.372 e. The maximum atomic E-state index is 5.12. The molecule has 2 aromatic rings. The van der Waals surface area contributed by atoms with Gasteiger partial charge in [0.1, 0.15) is 5.76 Å². The fourth-order valence-electron chi connectivity index (χ4n) is 3.10. The molecule has 0 unspecified atom stereocenters. The van der Waals surface area contributed by atoms with E-state index in [1.807, 2.05) is 13.0 Å². The van der Waals surface area contributed by atoms with Crippen LogP contribution in [0.25, 0.3) is 0 Å². The van der Waals surface area contributed by atoms with Gasteiger partial charge in [0.05, 0.1) is 5.69 Å². The van der Waals surface area contributed by atoms with E-state index in [1.165, 1.54) is 43.6 Å². The number of hydrogen-bond acceptors (Lipinski definition) is 4. The fraction of sp³-hybridized carbons (Fsp3) is 0.500. The van der Waals surface area contributed by atoms with Gasteiger partial charge in [-0.25, -0.2) is 0 Å². The molecule has 4 nitrogen and oxygen atoms in total. The third kappa shape index (κ3) is 3.89. The van der Waals surface area contributed by atoms with Crippen molar-refractivity contribution >= 4 is 5.69 Å². The van der Waals surface area contributed by atoms with E-state index in [0.717, 1.165) is 24.5 Å². The Morgan fingerprint density at radius 3 is 2.45 bits per heavy atom. The Balaban J connectivity index is 1.56. The van der Waals surface area contributed by atoms with Crippen molar-refractivity contribution in [2.24, 2.45) is 0 Å². The normalized spacial score (nSPS) is 15.5. The van der Waals surface area contributed by atoms with Crippen molar-refractivity contribution in [1.29, 1.82) is 0 Å². The molecule has 1 fully saturated rings. The van der Waals surface area contributed by atoms with E-state index in [0.29, 0.717) is 0 Å². The van der Waals surface area contributed by atoms with Crippen LogP contribution >= 0.6 is 0 Å². The summed E-state index contributed by atoms with van der Waals surface area (Å²) in [6.45, 7) is 6.06. The number of rotatable bonds is 5. The molecule has 1 aromatic heterocycles. The van der Waals surface area contributed by atoms with Crippen LogP contribution in [-0.2, 0) is 13.1 Å². The molecule has 118 valence electrons. The molecule has 1 aromatic carbocycles. The van der Waals surface area contributed by atoms with E-state index < -0.39 is 0 Å². The maximum Gasteiger partial charge on any atom is 0.133 e. The first-order valence-electron chi connectivity index (χ1n) is 8.15. The van der Waals surface area contributed by atoms with Gasteiger partial charge in [-0.05, 0) is 50.9 Å². The molecule has 2 heterocycles. The molecule has 0 aliphatic carbocycles. The molecule has 0 radical (unpaired) electrons. The zero-order valence-electron chi connectivity index (χ0n) is 13.6. The van der Waals surface area contributed by atoms with Gasteiger partial charge in [-0.1, -0.05) is 17.3 Å². The highest BCUT2D eigenvalue weighted by molar-refractivity contribution is 5.47. The molecular weight excluding hydrogens is 274 g/mol. The van der Waals surface area contributed by atoms with Gasteiger partial charge >= 0.3 is 0 Å². The Morgan fingerprint density at radius 2 is 1.82 bits per heavy atom. The molecule has 1 saturated heterocycles. The Morgan fingerprint density at radius 1 is 1.09 bits per heavy atom. The van der Waals surface area contributed by atoms with Gasteiger partial charge in [-0.3, -0.25) is 4.90 Å². The Labute approximate surface area is 132 Å². The molecule has 1 aliphatic heterocycles. The largest absolute Gasteiger partial charge is 0.372 e. The van der Waals surface area contributed by atoms with Crippen molar-refractivity contribution in [3.05, 3.63) is 47.3 Å². The molecule has 0 amide bonds. The minimum atomic E-state index is 0.811. The van der Waals surface area contributed by atoms with Crippen molar-refractivity contribution in [2.75, 3.05) is 25.0 Å². The predicted molar refractivity (Wildman–Crippen MR) is 88.9 cm³/mol. The van der Waals surface area contributed by atoms with Crippen molar-refractivity contribution in [3.8, 4) is 0 Å². The second-order valence-corrected chi connectivity index (χ2v) is 6.32. The minimum absolute atomic E-state index is 0.811. The molecule has 3 rings (SSSR count). The smallest absolute Gasteiger partial charge is 0.133 e. The Kier molecular flexibility index (Phi) is 4.78. The highest BCUT2D eigenvalue weighted by Gasteiger charge is 2.11. The number of anilines is 1. The molecule has 4 heteroatoms. The molecule has 22 heavy (non-hydrogen) atoms. The molecular formula is C18H25N3O. The van der Waals surface area contributed by atoms with Crippen LogP contribution < -0.4 is 4.90 Å². The average molecular weight is 299 g/mol. The van der Waals surface area contributed by atoms with Gasteiger partial charge in [0, 0.05) is 37.9 Å². The van der Waals surface area contributed by atoms with Crippen LogP contribution in [0, 0.1) is 6.92 Å². The molecule has 0 saturated carbocycles. The lowest BCUT2D eigenvalue weighted by atomic mass is 10.1. The van der Waals surface area contributed by atoms with Gasteiger partial charge in [0.2, 0.25) is 0 Å². The quantitative estimate of drug-likeness (QED) is 0.844. The van der Waals surface area contributed by atoms with Gasteiger partial charge in [0.15, 0.2) is 0 Å². The van der Waals surface area contributed by atoms with E-state index in [1.54, 1.807) is 0 Å². The van der Waals surface area contributed by atoms with Crippen LogP contribution in [0.4, 0.5) is 5.69 Å². The molecule has 0 atom stereocenters. The van der Waals surface area contributed by atoms with Crippen LogP contribution in [0.5, 0.6) is 0 Å². The van der Waals surface area contributed by atoms with Crippen molar-refractivity contribution in [3.63, 3.8) is 0 Å². The van der Waals surface area contributed by atoms with Gasteiger partial charge in [0.25, 0.3) is 0 Å². The molecule has 1 aliphatic rings. The highest BCUT2D eigenvalue weighted by Crippen LogP contribution is 2.20. The van der Waals surface area contributed by atoms with Crippen LogP contribution in [0.3, 0.4) is 0 Å². The summed E-state index contributed by atoms with van der Waals surface area (Å²) in [6.07, 6.45) is 4.02. The number of benzene rings is 1. The number of nitrogens with zero attached hydrogens (tertiary/aromatic N) is 3. The summed E-state index contributed by atoms with van der Waals surface area (Å²) in [7, 11) is 2.11. The first kappa shape index (κ1) is 15.1. The number of aryl methyl sites for hydroxylation is 1. The van der Waals surface area contributed by atoms with Crippen LogP contribution in [0.2, 0.25) is 0 Å².